The number of likely N-dealkylation sites (N-methyl/N-ethyl adjacent to an activating group) is 1. The summed E-state index contributed by atoms with van der Waals surface area (Å²) < 4.78 is 21.3. The highest BCUT2D eigenvalue weighted by atomic mass is 35.5. The molecular formula is C29H39Cl2N3O6. The first kappa shape index (κ1) is 32.1. The van der Waals surface area contributed by atoms with Gasteiger partial charge in [0.25, 0.3) is 0 Å². The van der Waals surface area contributed by atoms with Gasteiger partial charge in [0.1, 0.15) is 6.10 Å². The maximum Gasteiger partial charge on any atom is 0.407 e. The van der Waals surface area contributed by atoms with Gasteiger partial charge >= 0.3 is 6.09 Å². The summed E-state index contributed by atoms with van der Waals surface area (Å²) in [4.78, 5) is 29.5. The first-order chi connectivity index (χ1) is 19.4. The Bertz CT molecular complexity index is 1060. The molecule has 0 aliphatic carbocycles. The van der Waals surface area contributed by atoms with Gasteiger partial charge in [-0.25, -0.2) is 4.79 Å². The van der Waals surface area contributed by atoms with E-state index < -0.39 is 6.09 Å². The summed E-state index contributed by atoms with van der Waals surface area (Å²) in [5.74, 6) is -0.0256. The number of rotatable bonds is 16. The molecule has 220 valence electrons. The van der Waals surface area contributed by atoms with Crippen LogP contribution in [0.2, 0.25) is 10.0 Å². The molecule has 1 aliphatic rings. The van der Waals surface area contributed by atoms with Crippen molar-refractivity contribution in [3.63, 3.8) is 0 Å². The molecule has 2 aromatic rings. The SMILES string of the molecule is COCCOCCOCCNC(=O)O[C@H]1CCN(C[C@H](c2ccccc2)N(C)C(=O)Cc2ccc(Cl)c(Cl)c2)C1. The van der Waals surface area contributed by atoms with Crippen molar-refractivity contribution in [1.82, 2.24) is 15.1 Å². The third-order valence-electron chi connectivity index (χ3n) is 6.64. The number of carbonyl (C=O) groups excluding carboxylic acids is 2. The molecule has 0 unspecified atom stereocenters. The standard InChI is InChI=1S/C29H39Cl2N3O6/c1-33(28(35)19-22-8-9-25(30)26(31)18-22)27(23-6-4-3-5-7-23)21-34-12-10-24(20-34)40-29(36)32-11-13-38-16-17-39-15-14-37-2/h3-9,18,24,27H,10-17,19-21H2,1-2H3,(H,32,36)/t24-,27+/m0/s1. The number of benzene rings is 2. The van der Waals surface area contributed by atoms with Crippen LogP contribution in [0, 0.1) is 0 Å². The zero-order chi connectivity index (χ0) is 28.7. The van der Waals surface area contributed by atoms with Crippen LogP contribution in [0.15, 0.2) is 48.5 Å². The van der Waals surface area contributed by atoms with Gasteiger partial charge in [-0.05, 0) is 29.7 Å². The van der Waals surface area contributed by atoms with Gasteiger partial charge in [0.05, 0.1) is 55.5 Å². The van der Waals surface area contributed by atoms with Gasteiger partial charge in [-0.2, -0.15) is 0 Å². The highest BCUT2D eigenvalue weighted by Crippen LogP contribution is 2.26. The maximum atomic E-state index is 13.3. The van der Waals surface area contributed by atoms with E-state index >= 15 is 0 Å². The molecule has 1 N–H and O–H groups in total. The number of amides is 2. The fraction of sp³-hybridized carbons (Fsp3) is 0.517. The third kappa shape index (κ3) is 10.9. The number of likely N-dealkylation sites (tertiary alicyclic amines) is 1. The van der Waals surface area contributed by atoms with Gasteiger partial charge in [0.15, 0.2) is 0 Å². The summed E-state index contributed by atoms with van der Waals surface area (Å²) in [5.41, 5.74) is 1.85. The number of hydrogen-bond acceptors (Lipinski definition) is 7. The topological polar surface area (TPSA) is 89.6 Å². The Balaban J connectivity index is 1.45. The molecule has 11 heteroatoms. The minimum atomic E-state index is -0.458. The third-order valence-corrected chi connectivity index (χ3v) is 7.38. The lowest BCUT2D eigenvalue weighted by Gasteiger charge is -2.32. The maximum absolute atomic E-state index is 13.3. The fourth-order valence-corrected chi connectivity index (χ4v) is 4.76. The van der Waals surface area contributed by atoms with E-state index in [1.807, 2.05) is 43.4 Å². The van der Waals surface area contributed by atoms with Crippen molar-refractivity contribution in [1.29, 1.82) is 0 Å². The normalized spacial score (nSPS) is 16.1. The fourth-order valence-electron chi connectivity index (χ4n) is 4.44. The second-order valence-corrected chi connectivity index (χ2v) is 10.4. The van der Waals surface area contributed by atoms with Crippen LogP contribution in [0.3, 0.4) is 0 Å². The van der Waals surface area contributed by atoms with Gasteiger partial charge in [-0.15, -0.1) is 0 Å². The highest BCUT2D eigenvalue weighted by molar-refractivity contribution is 6.42. The molecule has 9 nitrogen and oxygen atoms in total. The van der Waals surface area contributed by atoms with E-state index in [0.29, 0.717) is 62.7 Å². The molecule has 0 bridgehead atoms. The van der Waals surface area contributed by atoms with Crippen molar-refractivity contribution in [2.24, 2.45) is 0 Å². The van der Waals surface area contributed by atoms with Crippen molar-refractivity contribution >= 4 is 35.2 Å². The van der Waals surface area contributed by atoms with E-state index in [4.69, 9.17) is 42.1 Å². The van der Waals surface area contributed by atoms with Crippen LogP contribution in [0.4, 0.5) is 4.79 Å². The van der Waals surface area contributed by atoms with E-state index in [1.54, 1.807) is 24.1 Å². The summed E-state index contributed by atoms with van der Waals surface area (Å²) in [6.45, 7) is 4.72. The summed E-state index contributed by atoms with van der Waals surface area (Å²) in [5, 5.41) is 3.62. The molecule has 2 aromatic carbocycles. The summed E-state index contributed by atoms with van der Waals surface area (Å²) in [7, 11) is 3.45. The van der Waals surface area contributed by atoms with Crippen LogP contribution in [0.25, 0.3) is 0 Å². The van der Waals surface area contributed by atoms with Crippen LogP contribution in [-0.2, 0) is 30.2 Å². The van der Waals surface area contributed by atoms with Gasteiger partial charge in [0, 0.05) is 40.3 Å². The van der Waals surface area contributed by atoms with Crippen LogP contribution >= 0.6 is 23.2 Å². The van der Waals surface area contributed by atoms with E-state index in [1.165, 1.54) is 0 Å². The zero-order valence-corrected chi connectivity index (χ0v) is 24.7. The monoisotopic (exact) mass is 595 g/mol. The van der Waals surface area contributed by atoms with Crippen molar-refractivity contribution < 1.29 is 28.5 Å². The number of nitrogens with zero attached hydrogens (tertiary/aromatic N) is 2. The van der Waals surface area contributed by atoms with Crippen molar-refractivity contribution in [3.05, 3.63) is 69.7 Å². The molecule has 0 saturated carbocycles. The molecule has 1 aliphatic heterocycles. The quantitative estimate of drug-likeness (QED) is 0.291. The Hall–Kier alpha value is -2.40. The first-order valence-electron chi connectivity index (χ1n) is 13.4. The Morgan fingerprint density at radius 3 is 2.48 bits per heavy atom. The smallest absolute Gasteiger partial charge is 0.407 e. The second kappa shape index (κ2) is 17.4. The van der Waals surface area contributed by atoms with Crippen LogP contribution in [0.1, 0.15) is 23.6 Å². The van der Waals surface area contributed by atoms with E-state index in [2.05, 4.69) is 10.2 Å². The van der Waals surface area contributed by atoms with Crippen LogP contribution in [0.5, 0.6) is 0 Å². The lowest BCUT2D eigenvalue weighted by molar-refractivity contribution is -0.131. The average Bonchev–Trinajstić information content (AvgIpc) is 3.39. The average molecular weight is 597 g/mol. The predicted octanol–water partition coefficient (Wildman–Crippen LogP) is 4.22. The number of alkyl carbamates (subject to hydrolysis) is 1. The zero-order valence-electron chi connectivity index (χ0n) is 23.2. The summed E-state index contributed by atoms with van der Waals surface area (Å²) in [6.07, 6.45) is 0.266. The molecule has 0 aromatic heterocycles. The van der Waals surface area contributed by atoms with E-state index in [-0.39, 0.29) is 24.5 Å². The number of hydrogen-bond donors (Lipinski definition) is 1. The molecule has 0 radical (unpaired) electrons. The van der Waals surface area contributed by atoms with E-state index in [0.717, 1.165) is 24.1 Å². The Kier molecular flexibility index (Phi) is 14.0. The lowest BCUT2D eigenvalue weighted by atomic mass is 10.0. The number of ether oxygens (including phenoxy) is 4. The predicted molar refractivity (Wildman–Crippen MR) is 155 cm³/mol. The minimum Gasteiger partial charge on any atom is -0.445 e. The molecule has 1 saturated heterocycles. The molecule has 3 rings (SSSR count). The summed E-state index contributed by atoms with van der Waals surface area (Å²) in [6, 6.07) is 15.0. The molecule has 40 heavy (non-hydrogen) atoms. The number of nitrogens with one attached hydrogen (secondary N) is 1. The second-order valence-electron chi connectivity index (χ2n) is 9.58. The molecular weight excluding hydrogens is 557 g/mol. The van der Waals surface area contributed by atoms with Crippen molar-refractivity contribution in [2.45, 2.75) is 25.0 Å². The van der Waals surface area contributed by atoms with E-state index in [9.17, 15) is 9.59 Å². The Morgan fingerprint density at radius 1 is 1.02 bits per heavy atom. The number of halogens is 2. The molecule has 2 amide bonds. The van der Waals surface area contributed by atoms with Crippen LogP contribution < -0.4 is 5.32 Å². The molecule has 0 spiro atoms. The Labute approximate surface area is 246 Å². The van der Waals surface area contributed by atoms with Crippen molar-refractivity contribution in [3.8, 4) is 0 Å². The van der Waals surface area contributed by atoms with Gasteiger partial charge in [-0.3, -0.25) is 9.69 Å². The lowest BCUT2D eigenvalue weighted by Crippen LogP contribution is -2.40. The highest BCUT2D eigenvalue weighted by Gasteiger charge is 2.30. The Morgan fingerprint density at radius 2 is 1.75 bits per heavy atom. The number of carbonyl (C=O) groups is 2. The molecule has 2 atom stereocenters. The van der Waals surface area contributed by atoms with Crippen molar-refractivity contribution in [2.75, 3.05) is 73.4 Å². The molecule has 1 heterocycles. The molecule has 1 fully saturated rings. The van der Waals surface area contributed by atoms with Crippen LogP contribution in [-0.4, -0.2) is 101 Å². The van der Waals surface area contributed by atoms with Gasteiger partial charge < -0.3 is 29.2 Å². The first-order valence-corrected chi connectivity index (χ1v) is 14.2. The number of methoxy groups -OCH3 is 1. The summed E-state index contributed by atoms with van der Waals surface area (Å²) >= 11 is 12.2. The minimum absolute atomic E-state index is 0.0256. The van der Waals surface area contributed by atoms with Gasteiger partial charge in [-0.1, -0.05) is 59.6 Å². The largest absolute Gasteiger partial charge is 0.445 e. The van der Waals surface area contributed by atoms with Gasteiger partial charge in [0.2, 0.25) is 5.91 Å².